The maximum absolute atomic E-state index is 12.5. The molecule has 2 heterocycles. The van der Waals surface area contributed by atoms with Crippen LogP contribution in [0.3, 0.4) is 0 Å². The second-order valence-electron chi connectivity index (χ2n) is 6.35. The molecule has 0 spiro atoms. The Morgan fingerprint density at radius 3 is 2.50 bits per heavy atom. The lowest BCUT2D eigenvalue weighted by atomic mass is 10.0. The van der Waals surface area contributed by atoms with E-state index in [9.17, 15) is 4.79 Å². The first kappa shape index (κ1) is 18.2. The Balaban J connectivity index is 1.41. The number of halogens is 1. The molecule has 0 saturated carbocycles. The van der Waals surface area contributed by atoms with E-state index < -0.39 is 6.10 Å². The largest absolute Gasteiger partial charge is 0.323 e. The smallest absolute Gasteiger partial charge is 0.260 e. The maximum Gasteiger partial charge on any atom is 0.260 e. The summed E-state index contributed by atoms with van der Waals surface area (Å²) in [5.41, 5.74) is 7.02. The van der Waals surface area contributed by atoms with Crippen LogP contribution in [0.15, 0.2) is 85.2 Å². The predicted molar refractivity (Wildman–Crippen MR) is 109 cm³/mol. The monoisotopic (exact) mass is 391 g/mol. The third-order valence-corrected chi connectivity index (χ3v) is 4.91. The second kappa shape index (κ2) is 8.25. The summed E-state index contributed by atoms with van der Waals surface area (Å²) in [6.07, 6.45) is 4.40. The number of aromatic nitrogens is 1. The van der Waals surface area contributed by atoms with E-state index in [1.807, 2.05) is 66.7 Å². The Morgan fingerprint density at radius 1 is 1.04 bits per heavy atom. The minimum Gasteiger partial charge on any atom is -0.323 e. The molecule has 3 aromatic rings. The van der Waals surface area contributed by atoms with Crippen LogP contribution in [0, 0.1) is 0 Å². The number of hydrogen-bond acceptors (Lipinski definition) is 4. The van der Waals surface area contributed by atoms with Gasteiger partial charge < -0.3 is 5.32 Å². The van der Waals surface area contributed by atoms with Crippen LogP contribution in [0.1, 0.15) is 22.1 Å². The van der Waals surface area contributed by atoms with Gasteiger partial charge in [0, 0.05) is 23.6 Å². The van der Waals surface area contributed by atoms with Gasteiger partial charge in [0.1, 0.15) is 0 Å². The van der Waals surface area contributed by atoms with Gasteiger partial charge in [-0.2, -0.15) is 0 Å². The molecule has 2 aromatic carbocycles. The van der Waals surface area contributed by atoms with Gasteiger partial charge >= 0.3 is 0 Å². The number of benzene rings is 2. The topological polar surface area (TPSA) is 63.2 Å². The summed E-state index contributed by atoms with van der Waals surface area (Å²) in [7, 11) is 0. The van der Waals surface area contributed by atoms with Gasteiger partial charge in [-0.25, -0.2) is 0 Å². The molecule has 0 bridgehead atoms. The molecule has 1 aliphatic rings. The molecule has 1 aliphatic heterocycles. The summed E-state index contributed by atoms with van der Waals surface area (Å²) in [6.45, 7) is 0. The minimum absolute atomic E-state index is 0.238. The Bertz CT molecular complexity index is 976. The van der Waals surface area contributed by atoms with Crippen molar-refractivity contribution >= 4 is 28.9 Å². The number of carbonyl (C=O) groups excluding carboxylic acids is 1. The zero-order valence-corrected chi connectivity index (χ0v) is 15.6. The minimum atomic E-state index is -0.722. The summed E-state index contributed by atoms with van der Waals surface area (Å²) in [6, 6.07) is 21.1. The van der Waals surface area contributed by atoms with Crippen LogP contribution in [0.4, 0.5) is 5.69 Å². The normalized spacial score (nSPS) is 16.8. The van der Waals surface area contributed by atoms with Gasteiger partial charge in [-0.15, -0.1) is 11.6 Å². The molecule has 0 aliphatic carbocycles. The molecule has 2 unspecified atom stereocenters. The number of amides is 1. The van der Waals surface area contributed by atoms with Crippen LogP contribution in [-0.2, 0) is 9.63 Å². The molecule has 4 rings (SSSR count). The van der Waals surface area contributed by atoms with E-state index in [1.165, 1.54) is 0 Å². The van der Waals surface area contributed by atoms with Crippen molar-refractivity contribution in [1.82, 2.24) is 10.5 Å². The first-order valence-corrected chi connectivity index (χ1v) is 9.28. The fourth-order valence-electron chi connectivity index (χ4n) is 2.92. The standard InChI is InChI=1S/C22H18ClN3O2/c23-21(15-5-2-1-3-6-15)16-8-10-18(11-9-16)25-22(27)20-13-19(26-28-20)17-7-4-12-24-14-17/h1-14,20-21,26H,(H,25,27). The Labute approximate surface area is 168 Å². The summed E-state index contributed by atoms with van der Waals surface area (Å²) >= 11 is 6.54. The van der Waals surface area contributed by atoms with Crippen LogP contribution >= 0.6 is 11.6 Å². The molecule has 140 valence electrons. The molecule has 28 heavy (non-hydrogen) atoms. The zero-order valence-electron chi connectivity index (χ0n) is 14.9. The van der Waals surface area contributed by atoms with E-state index >= 15 is 0 Å². The molecular formula is C22H18ClN3O2. The third-order valence-electron chi connectivity index (χ3n) is 4.41. The van der Waals surface area contributed by atoms with Gasteiger partial charge in [0.05, 0.1) is 11.1 Å². The molecule has 1 aromatic heterocycles. The van der Waals surface area contributed by atoms with Crippen LogP contribution < -0.4 is 10.8 Å². The second-order valence-corrected chi connectivity index (χ2v) is 6.78. The number of carbonyl (C=O) groups is 1. The lowest BCUT2D eigenvalue weighted by Gasteiger charge is -2.12. The average molecular weight is 392 g/mol. The summed E-state index contributed by atoms with van der Waals surface area (Å²) in [5.74, 6) is -0.260. The lowest BCUT2D eigenvalue weighted by molar-refractivity contribution is -0.125. The van der Waals surface area contributed by atoms with E-state index in [2.05, 4.69) is 15.8 Å². The Kier molecular flexibility index (Phi) is 5.37. The summed E-state index contributed by atoms with van der Waals surface area (Å²) in [5, 5.41) is 2.62. The number of anilines is 1. The van der Waals surface area contributed by atoms with Gasteiger partial charge in [-0.3, -0.25) is 20.1 Å². The molecule has 1 amide bonds. The van der Waals surface area contributed by atoms with E-state index in [-0.39, 0.29) is 11.3 Å². The van der Waals surface area contributed by atoms with Crippen LogP contribution in [0.25, 0.3) is 5.70 Å². The highest BCUT2D eigenvalue weighted by molar-refractivity contribution is 6.22. The molecule has 0 radical (unpaired) electrons. The highest BCUT2D eigenvalue weighted by Crippen LogP contribution is 2.29. The van der Waals surface area contributed by atoms with Crippen molar-refractivity contribution in [3.05, 3.63) is 102 Å². The molecule has 2 N–H and O–H groups in total. The maximum atomic E-state index is 12.5. The number of nitrogens with one attached hydrogen (secondary N) is 2. The summed E-state index contributed by atoms with van der Waals surface area (Å²) < 4.78 is 0. The predicted octanol–water partition coefficient (Wildman–Crippen LogP) is 4.29. The number of alkyl halides is 1. The van der Waals surface area contributed by atoms with Crippen molar-refractivity contribution in [3.8, 4) is 0 Å². The van der Waals surface area contributed by atoms with E-state index in [0.717, 1.165) is 22.4 Å². The molecule has 0 saturated heterocycles. The number of rotatable bonds is 5. The zero-order chi connectivity index (χ0) is 19.3. The highest BCUT2D eigenvalue weighted by Gasteiger charge is 2.24. The molecule has 2 atom stereocenters. The van der Waals surface area contributed by atoms with Crippen molar-refractivity contribution in [2.75, 3.05) is 5.32 Å². The van der Waals surface area contributed by atoms with Gasteiger partial charge in [0.2, 0.25) is 0 Å². The third kappa shape index (κ3) is 4.06. The van der Waals surface area contributed by atoms with Gasteiger partial charge in [0.15, 0.2) is 6.10 Å². The highest BCUT2D eigenvalue weighted by atomic mass is 35.5. The van der Waals surface area contributed by atoms with Crippen molar-refractivity contribution in [2.45, 2.75) is 11.5 Å². The van der Waals surface area contributed by atoms with Gasteiger partial charge in [-0.05, 0) is 41.5 Å². The molecule has 6 heteroatoms. The van der Waals surface area contributed by atoms with Crippen LogP contribution in [-0.4, -0.2) is 17.0 Å². The van der Waals surface area contributed by atoms with Crippen molar-refractivity contribution < 1.29 is 9.63 Å². The van der Waals surface area contributed by atoms with Gasteiger partial charge in [0.25, 0.3) is 5.91 Å². The number of nitrogens with zero attached hydrogens (tertiary/aromatic N) is 1. The van der Waals surface area contributed by atoms with Crippen molar-refractivity contribution in [3.63, 3.8) is 0 Å². The number of pyridine rings is 1. The van der Waals surface area contributed by atoms with E-state index in [1.54, 1.807) is 18.5 Å². The Morgan fingerprint density at radius 2 is 1.79 bits per heavy atom. The van der Waals surface area contributed by atoms with Crippen LogP contribution in [0.5, 0.6) is 0 Å². The van der Waals surface area contributed by atoms with Crippen molar-refractivity contribution in [2.24, 2.45) is 0 Å². The lowest BCUT2D eigenvalue weighted by Crippen LogP contribution is -2.28. The van der Waals surface area contributed by atoms with Crippen molar-refractivity contribution in [1.29, 1.82) is 0 Å². The first-order valence-electron chi connectivity index (χ1n) is 8.84. The fraction of sp³-hybridized carbons (Fsp3) is 0.0909. The SMILES string of the molecule is O=C(Nc1ccc(C(Cl)c2ccccc2)cc1)C1C=C(c2cccnc2)NO1. The number of hydrogen-bond donors (Lipinski definition) is 2. The molecule has 5 nitrogen and oxygen atoms in total. The molecule has 0 fully saturated rings. The quantitative estimate of drug-likeness (QED) is 0.637. The van der Waals surface area contributed by atoms with E-state index in [0.29, 0.717) is 5.69 Å². The Hall–Kier alpha value is -3.15. The van der Waals surface area contributed by atoms with Crippen LogP contribution in [0.2, 0.25) is 0 Å². The fourth-order valence-corrected chi connectivity index (χ4v) is 3.21. The average Bonchev–Trinajstić information content (AvgIpc) is 3.26. The summed E-state index contributed by atoms with van der Waals surface area (Å²) in [4.78, 5) is 21.9. The first-order chi connectivity index (χ1) is 13.7. The molecular weight excluding hydrogens is 374 g/mol. The van der Waals surface area contributed by atoms with E-state index in [4.69, 9.17) is 16.4 Å². The number of hydroxylamine groups is 1. The van der Waals surface area contributed by atoms with Gasteiger partial charge in [-0.1, -0.05) is 42.5 Å².